The molecule has 0 fully saturated rings. The van der Waals surface area contributed by atoms with Gasteiger partial charge in [-0.2, -0.15) is 0 Å². The molecule has 3 nitrogen and oxygen atoms in total. The van der Waals surface area contributed by atoms with Gasteiger partial charge < -0.3 is 0 Å². The Morgan fingerprint density at radius 2 is 1.73 bits per heavy atom. The summed E-state index contributed by atoms with van der Waals surface area (Å²) in [7, 11) is -3.24. The Bertz CT molecular complexity index is 197. The zero-order valence-electron chi connectivity index (χ0n) is 7.04. The molecule has 5 heteroatoms. The Labute approximate surface area is 73.4 Å². The summed E-state index contributed by atoms with van der Waals surface area (Å²) in [6.45, 7) is 6.02. The number of hydrogen-bond acceptors (Lipinski definition) is 2. The lowest BCUT2D eigenvalue weighted by Crippen LogP contribution is -2.34. The molecule has 0 rings (SSSR count). The van der Waals surface area contributed by atoms with E-state index in [-0.39, 0.29) is 0 Å². The lowest BCUT2D eigenvalue weighted by Gasteiger charge is -2.19. The fraction of sp³-hybridized carbons (Fsp3) is 1.00. The van der Waals surface area contributed by atoms with Crippen molar-refractivity contribution in [1.82, 2.24) is 4.31 Å². The van der Waals surface area contributed by atoms with Gasteiger partial charge in [-0.3, -0.25) is 0 Å². The van der Waals surface area contributed by atoms with E-state index in [9.17, 15) is 8.42 Å². The Kier molecular flexibility index (Phi) is 4.36. The minimum atomic E-state index is -3.24. The maximum Gasteiger partial charge on any atom is 0.230 e. The number of hydrogen-bond donors (Lipinski definition) is 0. The molecule has 0 saturated heterocycles. The van der Waals surface area contributed by atoms with E-state index in [0.29, 0.717) is 13.1 Å². The topological polar surface area (TPSA) is 37.4 Å². The van der Waals surface area contributed by atoms with E-state index in [1.165, 1.54) is 11.2 Å². The van der Waals surface area contributed by atoms with Crippen molar-refractivity contribution in [1.29, 1.82) is 0 Å². The largest absolute Gasteiger partial charge is 0.230 e. The van der Waals surface area contributed by atoms with Crippen LogP contribution in [0.2, 0.25) is 0 Å². The first-order valence-corrected chi connectivity index (χ1v) is 5.53. The molecule has 0 aromatic carbocycles. The highest BCUT2D eigenvalue weighted by molar-refractivity contribution is 7.90. The van der Waals surface area contributed by atoms with Gasteiger partial charge in [-0.25, -0.2) is 12.7 Å². The molecule has 0 aromatic rings. The summed E-state index contributed by atoms with van der Waals surface area (Å²) < 4.78 is 23.1. The van der Waals surface area contributed by atoms with Crippen molar-refractivity contribution >= 4 is 21.6 Å². The Balaban J connectivity index is 4.53. The molecule has 0 aliphatic rings. The highest BCUT2D eigenvalue weighted by Crippen LogP contribution is 2.10. The second kappa shape index (κ2) is 4.28. The molecule has 0 aliphatic heterocycles. The van der Waals surface area contributed by atoms with Crippen LogP contribution in [-0.2, 0) is 10.0 Å². The van der Waals surface area contributed by atoms with Crippen LogP contribution in [-0.4, -0.2) is 30.5 Å². The van der Waals surface area contributed by atoms with Crippen LogP contribution in [0.25, 0.3) is 0 Å². The average Bonchev–Trinajstić information content (AvgIpc) is 1.89. The number of nitrogens with zero attached hydrogens (tertiary/aromatic N) is 1. The van der Waals surface area contributed by atoms with Gasteiger partial charge in [0.25, 0.3) is 0 Å². The monoisotopic (exact) mass is 199 g/mol. The van der Waals surface area contributed by atoms with E-state index in [1.807, 2.05) is 0 Å². The summed E-state index contributed by atoms with van der Waals surface area (Å²) in [4.78, 5) is 0. The van der Waals surface area contributed by atoms with Crippen LogP contribution in [0.1, 0.15) is 20.8 Å². The third kappa shape index (κ3) is 2.61. The van der Waals surface area contributed by atoms with E-state index in [0.717, 1.165) is 0 Å². The van der Waals surface area contributed by atoms with E-state index in [2.05, 4.69) is 0 Å². The van der Waals surface area contributed by atoms with Crippen molar-refractivity contribution in [2.45, 2.75) is 25.5 Å². The summed E-state index contributed by atoms with van der Waals surface area (Å²) >= 11 is 5.49. The van der Waals surface area contributed by atoms with Gasteiger partial charge in [-0.05, 0) is 6.92 Å². The van der Waals surface area contributed by atoms with Crippen LogP contribution in [0.5, 0.6) is 0 Å². The lowest BCUT2D eigenvalue weighted by atomic mass is 10.7. The van der Waals surface area contributed by atoms with Crippen LogP contribution >= 0.6 is 11.6 Å². The first-order valence-electron chi connectivity index (χ1n) is 3.59. The maximum absolute atomic E-state index is 11.3. The summed E-state index contributed by atoms with van der Waals surface area (Å²) in [5.74, 6) is 0. The Morgan fingerprint density at radius 1 is 1.36 bits per heavy atom. The van der Waals surface area contributed by atoms with E-state index >= 15 is 0 Å². The fourth-order valence-corrected chi connectivity index (χ4v) is 2.26. The zero-order chi connectivity index (χ0) is 9.07. The first-order chi connectivity index (χ1) is 4.96. The minimum Gasteiger partial charge on any atom is -0.211 e. The molecule has 1 unspecified atom stereocenters. The van der Waals surface area contributed by atoms with E-state index in [4.69, 9.17) is 11.6 Å². The molecule has 0 aliphatic carbocycles. The second-order valence-corrected chi connectivity index (χ2v) is 5.34. The molecule has 11 heavy (non-hydrogen) atoms. The van der Waals surface area contributed by atoms with Gasteiger partial charge >= 0.3 is 0 Å². The van der Waals surface area contributed by atoms with Crippen LogP contribution in [0.15, 0.2) is 0 Å². The van der Waals surface area contributed by atoms with Gasteiger partial charge in [-0.15, -0.1) is 11.6 Å². The molecule has 0 radical (unpaired) electrons. The Hall–Kier alpha value is 0.200. The third-order valence-electron chi connectivity index (χ3n) is 1.48. The molecular formula is C6H14ClNO2S. The molecule has 0 aromatic heterocycles. The smallest absolute Gasteiger partial charge is 0.211 e. The summed E-state index contributed by atoms with van der Waals surface area (Å²) in [5.41, 5.74) is 0. The third-order valence-corrected chi connectivity index (χ3v) is 4.21. The molecule has 0 heterocycles. The molecule has 1 atom stereocenters. The number of alkyl halides is 1. The van der Waals surface area contributed by atoms with Gasteiger partial charge in [0.15, 0.2) is 0 Å². The average molecular weight is 200 g/mol. The van der Waals surface area contributed by atoms with Gasteiger partial charge in [-0.1, -0.05) is 13.8 Å². The summed E-state index contributed by atoms with van der Waals surface area (Å²) in [5, 5.41) is 0. The van der Waals surface area contributed by atoms with E-state index < -0.39 is 14.7 Å². The predicted octanol–water partition coefficient (Wildman–Crippen LogP) is 1.24. The Morgan fingerprint density at radius 3 is 1.82 bits per heavy atom. The van der Waals surface area contributed by atoms with Crippen LogP contribution < -0.4 is 0 Å². The highest BCUT2D eigenvalue weighted by Gasteiger charge is 2.23. The van der Waals surface area contributed by atoms with Crippen molar-refractivity contribution in [3.63, 3.8) is 0 Å². The van der Waals surface area contributed by atoms with E-state index in [1.54, 1.807) is 13.8 Å². The lowest BCUT2D eigenvalue weighted by molar-refractivity contribution is 0.444. The fourth-order valence-electron chi connectivity index (χ4n) is 0.789. The van der Waals surface area contributed by atoms with Crippen LogP contribution in [0.4, 0.5) is 0 Å². The second-order valence-electron chi connectivity index (χ2n) is 2.17. The van der Waals surface area contributed by atoms with Crippen LogP contribution in [0.3, 0.4) is 0 Å². The summed E-state index contributed by atoms with van der Waals surface area (Å²) in [6, 6.07) is 0. The zero-order valence-corrected chi connectivity index (χ0v) is 8.61. The SMILES string of the molecule is CCN(CC)S(=O)(=O)C(C)Cl. The highest BCUT2D eigenvalue weighted by atomic mass is 35.5. The van der Waals surface area contributed by atoms with Crippen molar-refractivity contribution in [3.05, 3.63) is 0 Å². The normalized spacial score (nSPS) is 15.4. The number of halogens is 1. The van der Waals surface area contributed by atoms with Crippen molar-refractivity contribution in [2.75, 3.05) is 13.1 Å². The molecule has 0 amide bonds. The van der Waals surface area contributed by atoms with Gasteiger partial charge in [0.1, 0.15) is 4.71 Å². The molecule has 0 saturated carbocycles. The van der Waals surface area contributed by atoms with Gasteiger partial charge in [0, 0.05) is 13.1 Å². The predicted molar refractivity (Wildman–Crippen MR) is 47.2 cm³/mol. The molecular weight excluding hydrogens is 186 g/mol. The van der Waals surface area contributed by atoms with Crippen LogP contribution in [0, 0.1) is 0 Å². The number of sulfonamides is 1. The minimum absolute atomic E-state index is 0.482. The number of rotatable bonds is 4. The molecule has 68 valence electrons. The molecule has 0 bridgehead atoms. The maximum atomic E-state index is 11.3. The molecule has 0 spiro atoms. The van der Waals surface area contributed by atoms with Gasteiger partial charge in [0.2, 0.25) is 10.0 Å². The van der Waals surface area contributed by atoms with Crippen molar-refractivity contribution in [2.24, 2.45) is 0 Å². The summed E-state index contributed by atoms with van der Waals surface area (Å²) in [6.07, 6.45) is 0. The first kappa shape index (κ1) is 11.2. The van der Waals surface area contributed by atoms with Crippen molar-refractivity contribution < 1.29 is 8.42 Å². The molecule has 0 N–H and O–H groups in total. The quantitative estimate of drug-likeness (QED) is 0.639. The van der Waals surface area contributed by atoms with Crippen molar-refractivity contribution in [3.8, 4) is 0 Å². The van der Waals surface area contributed by atoms with Gasteiger partial charge in [0.05, 0.1) is 0 Å². The standard InChI is InChI=1S/C6H14ClNO2S/c1-4-8(5-2)11(9,10)6(3)7/h6H,4-5H2,1-3H3.